The lowest BCUT2D eigenvalue weighted by molar-refractivity contribution is -0.137. The van der Waals surface area contributed by atoms with Crippen LogP contribution in [0, 0.1) is 0 Å². The maximum absolute atomic E-state index is 12.7. The summed E-state index contributed by atoms with van der Waals surface area (Å²) in [5, 5.41) is 0. The molecule has 1 heterocycles. The molecular weight excluding hydrogens is 323 g/mol. The number of halogens is 3. The van der Waals surface area contributed by atoms with Crippen LogP contribution in [0.15, 0.2) is 48.5 Å². The Balaban J connectivity index is 1.69. The summed E-state index contributed by atoms with van der Waals surface area (Å²) in [6.07, 6.45) is -3.30. The Morgan fingerprint density at radius 1 is 0.840 bits per heavy atom. The zero-order valence-corrected chi connectivity index (χ0v) is 14.9. The van der Waals surface area contributed by atoms with Crippen LogP contribution in [0.3, 0.4) is 0 Å². The predicted molar refractivity (Wildman–Crippen MR) is 96.2 cm³/mol. The first-order chi connectivity index (χ1) is 11.6. The quantitative estimate of drug-likeness (QED) is 0.644. The van der Waals surface area contributed by atoms with Crippen LogP contribution in [-0.4, -0.2) is 13.1 Å². The molecule has 1 fully saturated rings. The summed E-state index contributed by atoms with van der Waals surface area (Å²) in [7, 11) is 0. The average Bonchev–Trinajstić information content (AvgIpc) is 3.03. The first-order valence-electron chi connectivity index (χ1n) is 8.67. The summed E-state index contributed by atoms with van der Waals surface area (Å²) in [5.41, 5.74) is 3.02. The molecule has 0 aliphatic carbocycles. The first-order valence-corrected chi connectivity index (χ1v) is 8.67. The van der Waals surface area contributed by atoms with Crippen molar-refractivity contribution in [1.82, 2.24) is 0 Å². The van der Waals surface area contributed by atoms with Crippen LogP contribution in [-0.2, 0) is 11.6 Å². The van der Waals surface area contributed by atoms with Gasteiger partial charge in [-0.2, -0.15) is 13.2 Å². The second kappa shape index (κ2) is 6.40. The monoisotopic (exact) mass is 347 g/mol. The highest BCUT2D eigenvalue weighted by Gasteiger charge is 2.31. The number of nitrogens with zero attached hydrogens (tertiary/aromatic N) is 1. The van der Waals surface area contributed by atoms with E-state index in [2.05, 4.69) is 49.9 Å². The largest absolute Gasteiger partial charge is 0.416 e. The van der Waals surface area contributed by atoms with Crippen LogP contribution in [0.1, 0.15) is 49.8 Å². The van der Waals surface area contributed by atoms with Crippen molar-refractivity contribution in [3.05, 3.63) is 65.2 Å². The summed E-state index contributed by atoms with van der Waals surface area (Å²) in [6.45, 7) is 8.36. The van der Waals surface area contributed by atoms with E-state index >= 15 is 0 Å². The van der Waals surface area contributed by atoms with Crippen molar-refractivity contribution in [3.8, 4) is 0 Å². The minimum absolute atomic E-state index is 0.131. The van der Waals surface area contributed by atoms with Crippen LogP contribution < -0.4 is 4.90 Å². The van der Waals surface area contributed by atoms with E-state index in [-0.39, 0.29) is 11.3 Å². The molecule has 0 amide bonds. The topological polar surface area (TPSA) is 3.24 Å². The minimum atomic E-state index is -4.27. The van der Waals surface area contributed by atoms with Gasteiger partial charge >= 0.3 is 6.18 Å². The van der Waals surface area contributed by atoms with Crippen LogP contribution in [0.25, 0.3) is 0 Å². The third kappa shape index (κ3) is 4.00. The molecule has 0 bridgehead atoms. The van der Waals surface area contributed by atoms with E-state index in [1.165, 1.54) is 23.4 Å². The third-order valence-electron chi connectivity index (χ3n) is 5.00. The molecule has 1 nitrogen and oxygen atoms in total. The summed E-state index contributed by atoms with van der Waals surface area (Å²) >= 11 is 0. The molecule has 1 aliphatic heterocycles. The molecule has 0 spiro atoms. The molecule has 0 radical (unpaired) electrons. The predicted octanol–water partition coefficient (Wildman–Crippen LogP) is 6.00. The van der Waals surface area contributed by atoms with Crippen molar-refractivity contribution in [1.29, 1.82) is 0 Å². The van der Waals surface area contributed by atoms with E-state index in [1.807, 2.05) is 0 Å². The van der Waals surface area contributed by atoms with Crippen LogP contribution in [0.2, 0.25) is 0 Å². The SMILES string of the molecule is CC(C)(C)c1ccc(N2CCC(c3ccc(C(F)(F)F)cc3)C2)cc1. The maximum Gasteiger partial charge on any atom is 0.416 e. The van der Waals surface area contributed by atoms with E-state index in [1.54, 1.807) is 12.1 Å². The zero-order valence-electron chi connectivity index (χ0n) is 14.9. The molecule has 0 saturated carbocycles. The minimum Gasteiger partial charge on any atom is -0.371 e. The molecule has 3 rings (SSSR count). The van der Waals surface area contributed by atoms with Crippen molar-refractivity contribution in [2.45, 2.75) is 44.7 Å². The fourth-order valence-corrected chi connectivity index (χ4v) is 3.38. The van der Waals surface area contributed by atoms with E-state index in [9.17, 15) is 13.2 Å². The van der Waals surface area contributed by atoms with Gasteiger partial charge in [0.1, 0.15) is 0 Å². The van der Waals surface area contributed by atoms with Gasteiger partial charge in [0, 0.05) is 24.7 Å². The van der Waals surface area contributed by atoms with Crippen molar-refractivity contribution in [2.75, 3.05) is 18.0 Å². The molecule has 0 aromatic heterocycles. The van der Waals surface area contributed by atoms with Gasteiger partial charge in [-0.15, -0.1) is 0 Å². The molecule has 1 aliphatic rings. The lowest BCUT2D eigenvalue weighted by atomic mass is 9.87. The standard InChI is InChI=1S/C21H24F3N/c1-20(2,3)17-8-10-19(11-9-17)25-13-12-16(14-25)15-4-6-18(7-5-15)21(22,23)24/h4-11,16H,12-14H2,1-3H3. The Morgan fingerprint density at radius 2 is 1.40 bits per heavy atom. The second-order valence-corrected chi connectivity index (χ2v) is 7.85. The molecule has 0 N–H and O–H groups in total. The van der Waals surface area contributed by atoms with Gasteiger partial charge in [0.05, 0.1) is 5.56 Å². The number of alkyl halides is 3. The van der Waals surface area contributed by atoms with Gasteiger partial charge < -0.3 is 4.90 Å². The lowest BCUT2D eigenvalue weighted by Crippen LogP contribution is -2.19. The van der Waals surface area contributed by atoms with Crippen LogP contribution in [0.5, 0.6) is 0 Å². The van der Waals surface area contributed by atoms with Gasteiger partial charge in [-0.3, -0.25) is 0 Å². The molecule has 134 valence electrons. The summed E-state index contributed by atoms with van der Waals surface area (Å²) in [6, 6.07) is 14.3. The second-order valence-electron chi connectivity index (χ2n) is 7.85. The van der Waals surface area contributed by atoms with Gasteiger partial charge in [-0.1, -0.05) is 45.0 Å². The lowest BCUT2D eigenvalue weighted by Gasteiger charge is -2.22. The molecule has 1 unspecified atom stereocenters. The van der Waals surface area contributed by atoms with Crippen molar-refractivity contribution < 1.29 is 13.2 Å². The third-order valence-corrected chi connectivity index (χ3v) is 5.00. The first kappa shape index (κ1) is 17.8. The highest BCUT2D eigenvalue weighted by atomic mass is 19.4. The van der Waals surface area contributed by atoms with Gasteiger partial charge in [0.25, 0.3) is 0 Å². The zero-order chi connectivity index (χ0) is 18.2. The summed E-state index contributed by atoms with van der Waals surface area (Å²) in [4.78, 5) is 2.31. The van der Waals surface area contributed by atoms with Gasteiger partial charge in [0.15, 0.2) is 0 Å². The van der Waals surface area contributed by atoms with Crippen LogP contribution >= 0.6 is 0 Å². The van der Waals surface area contributed by atoms with Gasteiger partial charge in [0.2, 0.25) is 0 Å². The van der Waals surface area contributed by atoms with Crippen molar-refractivity contribution in [3.63, 3.8) is 0 Å². The smallest absolute Gasteiger partial charge is 0.371 e. The summed E-state index contributed by atoms with van der Waals surface area (Å²) in [5.74, 6) is 0.282. The van der Waals surface area contributed by atoms with Crippen molar-refractivity contribution in [2.24, 2.45) is 0 Å². The highest BCUT2D eigenvalue weighted by Crippen LogP contribution is 2.34. The summed E-state index contributed by atoms with van der Waals surface area (Å²) < 4.78 is 38.1. The van der Waals surface area contributed by atoms with E-state index in [0.29, 0.717) is 0 Å². The molecule has 25 heavy (non-hydrogen) atoms. The number of rotatable bonds is 2. The van der Waals surface area contributed by atoms with E-state index in [0.717, 1.165) is 25.1 Å². The molecule has 4 heteroatoms. The fourth-order valence-electron chi connectivity index (χ4n) is 3.38. The Bertz CT molecular complexity index is 645. The molecule has 2 aromatic rings. The molecular formula is C21H24F3N. The van der Waals surface area contributed by atoms with E-state index in [4.69, 9.17) is 0 Å². The van der Waals surface area contributed by atoms with Gasteiger partial charge in [-0.05, 0) is 47.2 Å². The van der Waals surface area contributed by atoms with E-state index < -0.39 is 11.7 Å². The number of benzene rings is 2. The fraction of sp³-hybridized carbons (Fsp3) is 0.429. The Labute approximate surface area is 147 Å². The highest BCUT2D eigenvalue weighted by molar-refractivity contribution is 5.50. The number of anilines is 1. The Morgan fingerprint density at radius 3 is 1.92 bits per heavy atom. The molecule has 1 atom stereocenters. The van der Waals surface area contributed by atoms with Gasteiger partial charge in [-0.25, -0.2) is 0 Å². The van der Waals surface area contributed by atoms with Crippen molar-refractivity contribution >= 4 is 5.69 Å². The number of hydrogen-bond donors (Lipinski definition) is 0. The normalized spacial score (nSPS) is 18.6. The number of hydrogen-bond acceptors (Lipinski definition) is 1. The Kier molecular flexibility index (Phi) is 4.56. The Hall–Kier alpha value is -1.97. The maximum atomic E-state index is 12.7. The average molecular weight is 347 g/mol. The molecule has 2 aromatic carbocycles. The molecule has 1 saturated heterocycles. The van der Waals surface area contributed by atoms with Crippen LogP contribution in [0.4, 0.5) is 18.9 Å².